The Morgan fingerprint density at radius 1 is 1.57 bits per heavy atom. The molecule has 0 aromatic heterocycles. The van der Waals surface area contributed by atoms with Crippen LogP contribution in [0, 0.1) is 0 Å². The van der Waals surface area contributed by atoms with Crippen LogP contribution in [0.3, 0.4) is 0 Å². The minimum absolute atomic E-state index is 0.0751. The minimum Gasteiger partial charge on any atom is -0.339 e. The lowest BCUT2D eigenvalue weighted by atomic mass is 10.0. The van der Waals surface area contributed by atoms with Gasteiger partial charge in [0.2, 0.25) is 5.91 Å². The van der Waals surface area contributed by atoms with Crippen molar-refractivity contribution in [2.45, 2.75) is 52.1 Å². The summed E-state index contributed by atoms with van der Waals surface area (Å²) in [4.78, 5) is 13.9. The molecule has 3 heteroatoms. The van der Waals surface area contributed by atoms with Crippen LogP contribution in [-0.4, -0.2) is 36.0 Å². The van der Waals surface area contributed by atoms with Crippen LogP contribution in [0.5, 0.6) is 0 Å². The lowest BCUT2D eigenvalue weighted by molar-refractivity contribution is -0.137. The molecule has 3 nitrogen and oxygen atoms in total. The van der Waals surface area contributed by atoms with Gasteiger partial charge >= 0.3 is 0 Å². The molecule has 1 fully saturated rings. The molecule has 0 saturated carbocycles. The summed E-state index contributed by atoms with van der Waals surface area (Å²) in [7, 11) is 0. The van der Waals surface area contributed by atoms with Crippen molar-refractivity contribution in [1.29, 1.82) is 0 Å². The monoisotopic (exact) mass is 198 g/mol. The van der Waals surface area contributed by atoms with Crippen LogP contribution in [0.15, 0.2) is 0 Å². The molecule has 1 unspecified atom stereocenters. The van der Waals surface area contributed by atoms with E-state index in [-0.39, 0.29) is 6.04 Å². The molecule has 0 aromatic rings. The maximum Gasteiger partial charge on any atom is 0.239 e. The highest BCUT2D eigenvalue weighted by Crippen LogP contribution is 2.14. The predicted molar refractivity (Wildman–Crippen MR) is 58.2 cm³/mol. The van der Waals surface area contributed by atoms with Crippen LogP contribution in [0.25, 0.3) is 0 Å². The molecule has 1 aliphatic heterocycles. The third-order valence-electron chi connectivity index (χ3n) is 2.74. The van der Waals surface area contributed by atoms with Crippen LogP contribution >= 0.6 is 0 Å². The summed E-state index contributed by atoms with van der Waals surface area (Å²) in [6.07, 6.45) is 3.22. The van der Waals surface area contributed by atoms with Crippen molar-refractivity contribution in [3.8, 4) is 0 Å². The third kappa shape index (κ3) is 2.71. The quantitative estimate of drug-likeness (QED) is 0.740. The van der Waals surface area contributed by atoms with E-state index in [2.05, 4.69) is 26.1 Å². The van der Waals surface area contributed by atoms with Crippen LogP contribution in [0.4, 0.5) is 0 Å². The summed E-state index contributed by atoms with van der Waals surface area (Å²) in [6, 6.07) is 0.417. The fraction of sp³-hybridized carbons (Fsp3) is 0.909. The Bertz CT molecular complexity index is 192. The molecule has 0 spiro atoms. The number of rotatable bonds is 4. The first-order valence-corrected chi connectivity index (χ1v) is 5.70. The van der Waals surface area contributed by atoms with Gasteiger partial charge in [-0.05, 0) is 39.7 Å². The summed E-state index contributed by atoms with van der Waals surface area (Å²) in [5, 5.41) is 3.31. The average molecular weight is 198 g/mol. The summed E-state index contributed by atoms with van der Waals surface area (Å²) < 4.78 is 0. The van der Waals surface area contributed by atoms with E-state index in [0.29, 0.717) is 11.9 Å². The number of piperidine rings is 1. The van der Waals surface area contributed by atoms with E-state index in [4.69, 9.17) is 0 Å². The van der Waals surface area contributed by atoms with Gasteiger partial charge in [-0.25, -0.2) is 0 Å². The Morgan fingerprint density at radius 3 is 2.86 bits per heavy atom. The van der Waals surface area contributed by atoms with Crippen molar-refractivity contribution in [3.63, 3.8) is 0 Å². The SMILES string of the molecule is CCCNC1CCCN(C(C)C)C1=O. The van der Waals surface area contributed by atoms with E-state index < -0.39 is 0 Å². The van der Waals surface area contributed by atoms with Gasteiger partial charge in [-0.15, -0.1) is 0 Å². The average Bonchev–Trinajstić information content (AvgIpc) is 2.16. The van der Waals surface area contributed by atoms with E-state index in [1.54, 1.807) is 0 Å². The van der Waals surface area contributed by atoms with Crippen LogP contribution in [-0.2, 0) is 4.79 Å². The van der Waals surface area contributed by atoms with Gasteiger partial charge in [-0.3, -0.25) is 4.79 Å². The van der Waals surface area contributed by atoms with Crippen molar-refractivity contribution in [2.75, 3.05) is 13.1 Å². The number of likely N-dealkylation sites (tertiary alicyclic amines) is 1. The van der Waals surface area contributed by atoms with Crippen LogP contribution < -0.4 is 5.32 Å². The minimum atomic E-state index is 0.0751. The highest BCUT2D eigenvalue weighted by molar-refractivity contribution is 5.82. The molecule has 82 valence electrons. The van der Waals surface area contributed by atoms with Gasteiger partial charge in [0.05, 0.1) is 6.04 Å². The molecule has 1 aliphatic rings. The van der Waals surface area contributed by atoms with Crippen molar-refractivity contribution < 1.29 is 4.79 Å². The van der Waals surface area contributed by atoms with E-state index in [1.807, 2.05) is 4.90 Å². The van der Waals surface area contributed by atoms with Gasteiger partial charge in [0.1, 0.15) is 0 Å². The summed E-state index contributed by atoms with van der Waals surface area (Å²) in [5.74, 6) is 0.291. The van der Waals surface area contributed by atoms with Gasteiger partial charge < -0.3 is 10.2 Å². The summed E-state index contributed by atoms with van der Waals surface area (Å²) >= 11 is 0. The second-order valence-corrected chi connectivity index (χ2v) is 4.27. The molecule has 1 atom stereocenters. The Kier molecular flexibility index (Phi) is 4.39. The van der Waals surface area contributed by atoms with Gasteiger partial charge in [0.25, 0.3) is 0 Å². The van der Waals surface area contributed by atoms with Gasteiger partial charge in [-0.2, -0.15) is 0 Å². The fourth-order valence-corrected chi connectivity index (χ4v) is 1.92. The zero-order valence-electron chi connectivity index (χ0n) is 9.55. The molecule has 1 heterocycles. The molecule has 1 amide bonds. The standard InChI is InChI=1S/C11H22N2O/c1-4-7-12-10-6-5-8-13(9(2)3)11(10)14/h9-10,12H,4-8H2,1-3H3. The third-order valence-corrected chi connectivity index (χ3v) is 2.74. The van der Waals surface area contributed by atoms with Crippen molar-refractivity contribution in [3.05, 3.63) is 0 Å². The molecular formula is C11H22N2O. The Labute approximate surface area is 86.9 Å². The number of nitrogens with one attached hydrogen (secondary N) is 1. The van der Waals surface area contributed by atoms with Crippen LogP contribution in [0.1, 0.15) is 40.0 Å². The van der Waals surface area contributed by atoms with Gasteiger partial charge in [0.15, 0.2) is 0 Å². The smallest absolute Gasteiger partial charge is 0.239 e. The number of carbonyl (C=O) groups is 1. The molecular weight excluding hydrogens is 176 g/mol. The molecule has 14 heavy (non-hydrogen) atoms. The number of nitrogens with zero attached hydrogens (tertiary/aromatic N) is 1. The van der Waals surface area contributed by atoms with Crippen molar-refractivity contribution >= 4 is 5.91 Å². The second-order valence-electron chi connectivity index (χ2n) is 4.27. The number of hydrogen-bond donors (Lipinski definition) is 1. The molecule has 1 saturated heterocycles. The van der Waals surface area contributed by atoms with Crippen molar-refractivity contribution in [1.82, 2.24) is 10.2 Å². The van der Waals surface area contributed by atoms with E-state index in [9.17, 15) is 4.79 Å². The van der Waals surface area contributed by atoms with E-state index >= 15 is 0 Å². The predicted octanol–water partition coefficient (Wildman–Crippen LogP) is 1.39. The first-order valence-electron chi connectivity index (χ1n) is 5.70. The Balaban J connectivity index is 2.48. The van der Waals surface area contributed by atoms with E-state index in [0.717, 1.165) is 32.4 Å². The highest BCUT2D eigenvalue weighted by Gasteiger charge is 2.29. The first kappa shape index (κ1) is 11.5. The van der Waals surface area contributed by atoms with Gasteiger partial charge in [0, 0.05) is 12.6 Å². The van der Waals surface area contributed by atoms with Crippen LogP contribution in [0.2, 0.25) is 0 Å². The molecule has 0 aromatic carbocycles. The summed E-state index contributed by atoms with van der Waals surface area (Å²) in [5.41, 5.74) is 0. The number of carbonyl (C=O) groups excluding carboxylic acids is 1. The lowest BCUT2D eigenvalue weighted by Crippen LogP contribution is -2.53. The first-order chi connectivity index (χ1) is 6.66. The number of hydrogen-bond acceptors (Lipinski definition) is 2. The second kappa shape index (κ2) is 5.35. The topological polar surface area (TPSA) is 32.3 Å². The highest BCUT2D eigenvalue weighted by atomic mass is 16.2. The molecule has 0 radical (unpaired) electrons. The Morgan fingerprint density at radius 2 is 2.29 bits per heavy atom. The molecule has 1 rings (SSSR count). The Hall–Kier alpha value is -0.570. The largest absolute Gasteiger partial charge is 0.339 e. The zero-order chi connectivity index (χ0) is 10.6. The fourth-order valence-electron chi connectivity index (χ4n) is 1.92. The molecule has 0 bridgehead atoms. The molecule has 0 aliphatic carbocycles. The normalized spacial score (nSPS) is 23.3. The maximum absolute atomic E-state index is 11.9. The van der Waals surface area contributed by atoms with Crippen molar-refractivity contribution in [2.24, 2.45) is 0 Å². The molecule has 1 N–H and O–H groups in total. The van der Waals surface area contributed by atoms with Gasteiger partial charge in [-0.1, -0.05) is 6.92 Å². The maximum atomic E-state index is 11.9. The number of amides is 1. The van der Waals surface area contributed by atoms with E-state index in [1.165, 1.54) is 0 Å². The zero-order valence-corrected chi connectivity index (χ0v) is 9.55. The lowest BCUT2D eigenvalue weighted by Gasteiger charge is -2.35. The summed E-state index contributed by atoms with van der Waals surface area (Å²) in [6.45, 7) is 8.17.